The predicted molar refractivity (Wildman–Crippen MR) is 78.1 cm³/mol. The van der Waals surface area contributed by atoms with Crippen molar-refractivity contribution in [3.05, 3.63) is 29.8 Å². The molecule has 0 bridgehead atoms. The van der Waals surface area contributed by atoms with Crippen molar-refractivity contribution in [3.8, 4) is 0 Å². The lowest BCUT2D eigenvalue weighted by atomic mass is 10.1. The van der Waals surface area contributed by atoms with Gasteiger partial charge in [0.2, 0.25) is 11.8 Å². The van der Waals surface area contributed by atoms with Gasteiger partial charge in [0.1, 0.15) is 0 Å². The molecule has 0 radical (unpaired) electrons. The summed E-state index contributed by atoms with van der Waals surface area (Å²) in [5.41, 5.74) is 1.71. The van der Waals surface area contributed by atoms with Crippen molar-refractivity contribution in [1.29, 1.82) is 0 Å². The summed E-state index contributed by atoms with van der Waals surface area (Å²) in [6.45, 7) is 4.15. The van der Waals surface area contributed by atoms with E-state index in [0.29, 0.717) is 19.4 Å². The molecule has 0 aliphatic carbocycles. The number of rotatable bonds is 7. The highest BCUT2D eigenvalue weighted by molar-refractivity contribution is 5.92. The van der Waals surface area contributed by atoms with E-state index in [-0.39, 0.29) is 24.3 Å². The average molecular weight is 278 g/mol. The third-order valence-corrected chi connectivity index (χ3v) is 2.80. The number of aliphatic hydroxyl groups excluding tert-OH is 1. The average Bonchev–Trinajstić information content (AvgIpc) is 2.44. The molecule has 0 saturated heterocycles. The van der Waals surface area contributed by atoms with Crippen LogP contribution in [0, 0.1) is 5.92 Å². The molecule has 0 unspecified atom stereocenters. The summed E-state index contributed by atoms with van der Waals surface area (Å²) >= 11 is 0. The van der Waals surface area contributed by atoms with Gasteiger partial charge >= 0.3 is 0 Å². The molecule has 0 aliphatic rings. The highest BCUT2D eigenvalue weighted by Gasteiger charge is 2.06. The lowest BCUT2D eigenvalue weighted by Gasteiger charge is -2.09. The van der Waals surface area contributed by atoms with Crippen LogP contribution in [0.4, 0.5) is 5.69 Å². The van der Waals surface area contributed by atoms with E-state index in [1.54, 1.807) is 0 Å². The van der Waals surface area contributed by atoms with E-state index in [1.165, 1.54) is 0 Å². The molecule has 5 nitrogen and oxygen atoms in total. The molecular formula is C15H22N2O3. The number of hydrogen-bond acceptors (Lipinski definition) is 3. The SMILES string of the molecule is CC(C)C(=O)Nc1ccc(CNC(=O)CCCO)cc1. The molecular weight excluding hydrogens is 256 g/mol. The van der Waals surface area contributed by atoms with Crippen molar-refractivity contribution in [2.75, 3.05) is 11.9 Å². The Morgan fingerprint density at radius 3 is 2.40 bits per heavy atom. The summed E-state index contributed by atoms with van der Waals surface area (Å²) in [6.07, 6.45) is 0.811. The highest BCUT2D eigenvalue weighted by atomic mass is 16.3. The number of amides is 2. The third-order valence-electron chi connectivity index (χ3n) is 2.80. The van der Waals surface area contributed by atoms with Crippen molar-refractivity contribution in [3.63, 3.8) is 0 Å². The zero-order valence-electron chi connectivity index (χ0n) is 12.0. The summed E-state index contributed by atoms with van der Waals surface area (Å²) in [7, 11) is 0. The van der Waals surface area contributed by atoms with Gasteiger partial charge in [-0.1, -0.05) is 26.0 Å². The standard InChI is InChI=1S/C15H22N2O3/c1-11(2)15(20)17-13-7-5-12(6-8-13)10-16-14(19)4-3-9-18/h5-8,11,18H,3-4,9-10H2,1-2H3,(H,16,19)(H,17,20). The van der Waals surface area contributed by atoms with Gasteiger partial charge in [-0.25, -0.2) is 0 Å². The van der Waals surface area contributed by atoms with Gasteiger partial charge in [0.25, 0.3) is 0 Å². The Morgan fingerprint density at radius 1 is 1.20 bits per heavy atom. The molecule has 0 spiro atoms. The first-order valence-corrected chi connectivity index (χ1v) is 6.80. The van der Waals surface area contributed by atoms with Crippen LogP contribution in [0.25, 0.3) is 0 Å². The fraction of sp³-hybridized carbons (Fsp3) is 0.467. The zero-order chi connectivity index (χ0) is 15.0. The molecule has 1 aromatic carbocycles. The molecule has 1 rings (SSSR count). The second kappa shape index (κ2) is 8.32. The number of benzene rings is 1. The number of aliphatic hydroxyl groups is 1. The van der Waals surface area contributed by atoms with Crippen LogP contribution < -0.4 is 10.6 Å². The monoisotopic (exact) mass is 278 g/mol. The Bertz CT molecular complexity index is 441. The van der Waals surface area contributed by atoms with Crippen LogP contribution in [-0.4, -0.2) is 23.5 Å². The molecule has 20 heavy (non-hydrogen) atoms. The molecule has 2 amide bonds. The summed E-state index contributed by atoms with van der Waals surface area (Å²) in [4.78, 5) is 22.9. The Morgan fingerprint density at radius 2 is 1.85 bits per heavy atom. The minimum absolute atomic E-state index is 0.0185. The normalized spacial score (nSPS) is 10.4. The predicted octanol–water partition coefficient (Wildman–Crippen LogP) is 1.67. The van der Waals surface area contributed by atoms with Crippen LogP contribution in [0.3, 0.4) is 0 Å². The van der Waals surface area contributed by atoms with Crippen LogP contribution in [0.1, 0.15) is 32.3 Å². The molecule has 0 saturated carbocycles. The van der Waals surface area contributed by atoms with E-state index in [2.05, 4.69) is 10.6 Å². The van der Waals surface area contributed by atoms with Crippen molar-refractivity contribution in [2.45, 2.75) is 33.2 Å². The first-order valence-electron chi connectivity index (χ1n) is 6.80. The number of anilines is 1. The molecule has 5 heteroatoms. The fourth-order valence-corrected chi connectivity index (χ4v) is 1.52. The smallest absolute Gasteiger partial charge is 0.226 e. The van der Waals surface area contributed by atoms with E-state index < -0.39 is 0 Å². The maximum atomic E-state index is 11.5. The van der Waals surface area contributed by atoms with Gasteiger partial charge in [0.05, 0.1) is 0 Å². The first-order chi connectivity index (χ1) is 9.52. The van der Waals surface area contributed by atoms with Crippen LogP contribution >= 0.6 is 0 Å². The maximum Gasteiger partial charge on any atom is 0.226 e. The minimum atomic E-state index is -0.0729. The van der Waals surface area contributed by atoms with E-state index in [1.807, 2.05) is 38.1 Å². The molecule has 3 N–H and O–H groups in total. The van der Waals surface area contributed by atoms with Gasteiger partial charge in [0, 0.05) is 31.2 Å². The van der Waals surface area contributed by atoms with E-state index >= 15 is 0 Å². The lowest BCUT2D eigenvalue weighted by Crippen LogP contribution is -2.22. The number of hydrogen-bond donors (Lipinski definition) is 3. The highest BCUT2D eigenvalue weighted by Crippen LogP contribution is 2.11. The number of carbonyl (C=O) groups is 2. The quantitative estimate of drug-likeness (QED) is 0.710. The molecule has 110 valence electrons. The van der Waals surface area contributed by atoms with Crippen LogP contribution in [0.5, 0.6) is 0 Å². The van der Waals surface area contributed by atoms with Gasteiger partial charge in [-0.05, 0) is 24.1 Å². The van der Waals surface area contributed by atoms with Crippen LogP contribution in [0.2, 0.25) is 0 Å². The summed E-state index contributed by atoms with van der Waals surface area (Å²) in [6, 6.07) is 7.36. The lowest BCUT2D eigenvalue weighted by molar-refractivity contribution is -0.121. The summed E-state index contributed by atoms with van der Waals surface area (Å²) in [5, 5.41) is 14.2. The molecule has 0 aromatic heterocycles. The Kier molecular flexibility index (Phi) is 6.73. The second-order valence-corrected chi connectivity index (χ2v) is 4.94. The molecule has 1 aromatic rings. The summed E-state index contributed by atoms with van der Waals surface area (Å²) < 4.78 is 0. The van der Waals surface area contributed by atoms with Crippen molar-refractivity contribution < 1.29 is 14.7 Å². The fourth-order valence-electron chi connectivity index (χ4n) is 1.52. The van der Waals surface area contributed by atoms with Gasteiger partial charge in [-0.2, -0.15) is 0 Å². The maximum absolute atomic E-state index is 11.5. The van der Waals surface area contributed by atoms with Gasteiger partial charge in [0.15, 0.2) is 0 Å². The zero-order valence-corrected chi connectivity index (χ0v) is 12.0. The van der Waals surface area contributed by atoms with E-state index in [4.69, 9.17) is 5.11 Å². The number of carbonyl (C=O) groups excluding carboxylic acids is 2. The van der Waals surface area contributed by atoms with Gasteiger partial charge in [-0.3, -0.25) is 9.59 Å². The van der Waals surface area contributed by atoms with Crippen molar-refractivity contribution in [2.24, 2.45) is 5.92 Å². The van der Waals surface area contributed by atoms with Crippen LogP contribution in [-0.2, 0) is 16.1 Å². The van der Waals surface area contributed by atoms with E-state index in [9.17, 15) is 9.59 Å². The Balaban J connectivity index is 2.42. The minimum Gasteiger partial charge on any atom is -0.396 e. The summed E-state index contributed by atoms with van der Waals surface area (Å²) in [5.74, 6) is -0.146. The molecule has 0 heterocycles. The Labute approximate surface area is 119 Å². The van der Waals surface area contributed by atoms with Crippen molar-refractivity contribution in [1.82, 2.24) is 5.32 Å². The largest absolute Gasteiger partial charge is 0.396 e. The van der Waals surface area contributed by atoms with E-state index in [0.717, 1.165) is 11.3 Å². The molecule has 0 fully saturated rings. The second-order valence-electron chi connectivity index (χ2n) is 4.94. The van der Waals surface area contributed by atoms with Crippen molar-refractivity contribution >= 4 is 17.5 Å². The molecule has 0 atom stereocenters. The topological polar surface area (TPSA) is 78.4 Å². The van der Waals surface area contributed by atoms with Gasteiger partial charge < -0.3 is 15.7 Å². The van der Waals surface area contributed by atoms with Crippen LogP contribution in [0.15, 0.2) is 24.3 Å². The Hall–Kier alpha value is -1.88. The molecule has 0 aliphatic heterocycles. The van der Waals surface area contributed by atoms with Gasteiger partial charge in [-0.15, -0.1) is 0 Å². The first kappa shape index (κ1) is 16.2. The third kappa shape index (κ3) is 5.84. The number of nitrogens with one attached hydrogen (secondary N) is 2.